The third-order valence-electron chi connectivity index (χ3n) is 5.92. The molecule has 0 heterocycles. The number of carbonyl (C=O) groups is 2. The first-order valence-electron chi connectivity index (χ1n) is 11.7. The molecule has 2 amide bonds. The number of hydrogen-bond donors (Lipinski definition) is 1. The van der Waals surface area contributed by atoms with Gasteiger partial charge in [-0.25, -0.2) is 8.42 Å². The summed E-state index contributed by atoms with van der Waals surface area (Å²) in [6, 6.07) is 19.1. The number of nitrogens with one attached hydrogen (secondary N) is 1. The van der Waals surface area contributed by atoms with E-state index in [4.69, 9.17) is 23.2 Å². The Balaban J connectivity index is 2.09. The molecule has 0 radical (unpaired) electrons. The van der Waals surface area contributed by atoms with Crippen LogP contribution in [-0.4, -0.2) is 44.8 Å². The van der Waals surface area contributed by atoms with Gasteiger partial charge in [0.2, 0.25) is 11.8 Å². The van der Waals surface area contributed by atoms with Gasteiger partial charge in [0.25, 0.3) is 10.0 Å². The van der Waals surface area contributed by atoms with Crippen LogP contribution in [0.1, 0.15) is 24.5 Å². The number of carbonyl (C=O) groups excluding carboxylic acids is 2. The summed E-state index contributed by atoms with van der Waals surface area (Å²) in [5.41, 5.74) is 1.92. The monoisotopic (exact) mass is 561 g/mol. The molecule has 1 N–H and O–H groups in total. The number of hydrogen-bond acceptors (Lipinski definition) is 4. The lowest BCUT2D eigenvalue weighted by Crippen LogP contribution is -2.51. The molecule has 3 aromatic carbocycles. The number of likely N-dealkylation sites (N-methyl/N-ethyl adjacent to an activating group) is 1. The lowest BCUT2D eigenvalue weighted by molar-refractivity contribution is -0.140. The first-order valence-corrected chi connectivity index (χ1v) is 13.9. The molecular formula is C27H29Cl2N3O4S. The van der Waals surface area contributed by atoms with Crippen molar-refractivity contribution in [3.63, 3.8) is 0 Å². The highest BCUT2D eigenvalue weighted by molar-refractivity contribution is 7.92. The van der Waals surface area contributed by atoms with Crippen LogP contribution in [0.3, 0.4) is 0 Å². The first-order chi connectivity index (χ1) is 17.6. The molecule has 3 rings (SSSR count). The summed E-state index contributed by atoms with van der Waals surface area (Å²) in [4.78, 5) is 28.0. The molecule has 0 aliphatic heterocycles. The number of rotatable bonds is 10. The fraction of sp³-hybridized carbons (Fsp3) is 0.259. The summed E-state index contributed by atoms with van der Waals surface area (Å²) in [6.45, 7) is 3.28. The highest BCUT2D eigenvalue weighted by Crippen LogP contribution is 2.35. The maximum Gasteiger partial charge on any atom is 0.264 e. The molecule has 37 heavy (non-hydrogen) atoms. The van der Waals surface area contributed by atoms with Gasteiger partial charge in [-0.3, -0.25) is 13.9 Å². The van der Waals surface area contributed by atoms with Gasteiger partial charge in [0.15, 0.2) is 0 Å². The Kier molecular flexibility index (Phi) is 9.59. The van der Waals surface area contributed by atoms with Crippen molar-refractivity contribution in [3.8, 4) is 0 Å². The van der Waals surface area contributed by atoms with Crippen LogP contribution in [0, 0.1) is 6.92 Å². The highest BCUT2D eigenvalue weighted by atomic mass is 35.5. The molecule has 0 aliphatic rings. The van der Waals surface area contributed by atoms with Crippen LogP contribution in [0.15, 0.2) is 77.7 Å². The number of benzene rings is 3. The van der Waals surface area contributed by atoms with Crippen LogP contribution in [0.25, 0.3) is 0 Å². The van der Waals surface area contributed by atoms with Crippen molar-refractivity contribution in [2.24, 2.45) is 0 Å². The predicted molar refractivity (Wildman–Crippen MR) is 147 cm³/mol. The molecule has 0 spiro atoms. The van der Waals surface area contributed by atoms with Crippen LogP contribution in [0.5, 0.6) is 0 Å². The minimum absolute atomic E-state index is 0.0000925. The zero-order valence-electron chi connectivity index (χ0n) is 20.8. The summed E-state index contributed by atoms with van der Waals surface area (Å²) in [5, 5.41) is 2.75. The Morgan fingerprint density at radius 1 is 0.946 bits per heavy atom. The van der Waals surface area contributed by atoms with Crippen molar-refractivity contribution >= 4 is 50.7 Å². The van der Waals surface area contributed by atoms with Crippen LogP contribution in [0.2, 0.25) is 10.0 Å². The molecule has 7 nitrogen and oxygen atoms in total. The molecule has 0 saturated heterocycles. The topological polar surface area (TPSA) is 86.8 Å². The van der Waals surface area contributed by atoms with E-state index in [1.807, 2.05) is 31.2 Å². The molecule has 0 fully saturated rings. The smallest absolute Gasteiger partial charge is 0.264 e. The number of aryl methyl sites for hydroxylation is 1. The van der Waals surface area contributed by atoms with Gasteiger partial charge in [0, 0.05) is 13.6 Å². The van der Waals surface area contributed by atoms with Crippen molar-refractivity contribution in [2.45, 2.75) is 37.8 Å². The van der Waals surface area contributed by atoms with Crippen molar-refractivity contribution < 1.29 is 18.0 Å². The molecule has 0 unspecified atom stereocenters. The van der Waals surface area contributed by atoms with Crippen molar-refractivity contribution in [1.82, 2.24) is 10.2 Å². The Hall–Kier alpha value is -3.07. The standard InChI is InChI=1S/C27H29Cl2N3O4S/c1-4-23(27(34)30-3)31(17-20-15-13-19(2)14-16-20)25(33)18-32(24-12-8-11-22(28)26(24)29)37(35,36)21-9-6-5-7-10-21/h5-16,23H,4,17-18H2,1-3H3,(H,30,34)/t23-/m0/s1. The Morgan fingerprint density at radius 2 is 1.59 bits per heavy atom. The second kappa shape index (κ2) is 12.4. The van der Waals surface area contributed by atoms with E-state index in [2.05, 4.69) is 5.32 Å². The van der Waals surface area contributed by atoms with Crippen LogP contribution >= 0.6 is 23.2 Å². The maximum atomic E-state index is 13.9. The fourth-order valence-corrected chi connectivity index (χ4v) is 5.79. The molecule has 196 valence electrons. The molecule has 0 aliphatic carbocycles. The van der Waals surface area contributed by atoms with Crippen LogP contribution < -0.4 is 9.62 Å². The molecule has 1 atom stereocenters. The minimum atomic E-state index is -4.22. The summed E-state index contributed by atoms with van der Waals surface area (Å²) >= 11 is 12.6. The van der Waals surface area contributed by atoms with Gasteiger partial charge in [-0.1, -0.05) is 84.2 Å². The van der Waals surface area contributed by atoms with E-state index in [1.54, 1.807) is 31.2 Å². The summed E-state index contributed by atoms with van der Waals surface area (Å²) in [7, 11) is -2.72. The van der Waals surface area contributed by atoms with Crippen LogP contribution in [0.4, 0.5) is 5.69 Å². The average molecular weight is 563 g/mol. The number of halogens is 2. The summed E-state index contributed by atoms with van der Waals surface area (Å²) < 4.78 is 28.4. The van der Waals surface area contributed by atoms with Gasteiger partial charge in [0.05, 0.1) is 20.6 Å². The molecule has 0 bridgehead atoms. The lowest BCUT2D eigenvalue weighted by Gasteiger charge is -2.33. The van der Waals surface area contributed by atoms with E-state index < -0.39 is 28.5 Å². The van der Waals surface area contributed by atoms with Gasteiger partial charge in [0.1, 0.15) is 12.6 Å². The van der Waals surface area contributed by atoms with Gasteiger partial charge in [-0.15, -0.1) is 0 Å². The van der Waals surface area contributed by atoms with E-state index in [-0.39, 0.29) is 33.1 Å². The molecule has 0 saturated carbocycles. The average Bonchev–Trinajstić information content (AvgIpc) is 2.90. The van der Waals surface area contributed by atoms with Gasteiger partial charge < -0.3 is 10.2 Å². The SMILES string of the molecule is CC[C@@H](C(=O)NC)N(Cc1ccc(C)cc1)C(=O)CN(c1cccc(Cl)c1Cl)S(=O)(=O)c1ccccc1. The molecular weight excluding hydrogens is 533 g/mol. The first kappa shape index (κ1) is 28.5. The minimum Gasteiger partial charge on any atom is -0.357 e. The van der Waals surface area contributed by atoms with E-state index >= 15 is 0 Å². The van der Waals surface area contributed by atoms with E-state index in [9.17, 15) is 18.0 Å². The van der Waals surface area contributed by atoms with E-state index in [0.29, 0.717) is 6.42 Å². The Labute approximate surface area is 228 Å². The molecule has 0 aromatic heterocycles. The van der Waals surface area contributed by atoms with E-state index in [0.717, 1.165) is 15.4 Å². The fourth-order valence-electron chi connectivity index (χ4n) is 3.89. The van der Waals surface area contributed by atoms with Gasteiger partial charge in [-0.05, 0) is 43.2 Å². The zero-order valence-corrected chi connectivity index (χ0v) is 23.1. The number of amides is 2. The maximum absolute atomic E-state index is 13.9. The second-order valence-electron chi connectivity index (χ2n) is 8.44. The summed E-state index contributed by atoms with van der Waals surface area (Å²) in [6.07, 6.45) is 0.334. The normalized spacial score (nSPS) is 12.0. The van der Waals surface area contributed by atoms with Crippen molar-refractivity contribution in [3.05, 3.63) is 94.0 Å². The quantitative estimate of drug-likeness (QED) is 0.375. The Morgan fingerprint density at radius 3 is 2.19 bits per heavy atom. The van der Waals surface area contributed by atoms with Crippen molar-refractivity contribution in [2.75, 3.05) is 17.9 Å². The number of nitrogens with zero attached hydrogens (tertiary/aromatic N) is 2. The third-order valence-corrected chi connectivity index (χ3v) is 8.50. The van der Waals surface area contributed by atoms with E-state index in [1.165, 1.54) is 36.2 Å². The Bertz CT molecular complexity index is 1350. The van der Waals surface area contributed by atoms with Gasteiger partial charge >= 0.3 is 0 Å². The molecule has 10 heteroatoms. The van der Waals surface area contributed by atoms with Crippen molar-refractivity contribution in [1.29, 1.82) is 0 Å². The van der Waals surface area contributed by atoms with Crippen LogP contribution in [-0.2, 0) is 26.2 Å². The number of anilines is 1. The highest BCUT2D eigenvalue weighted by Gasteiger charge is 2.34. The molecule has 3 aromatic rings. The zero-order chi connectivity index (χ0) is 27.2. The number of sulfonamides is 1. The third kappa shape index (κ3) is 6.63. The second-order valence-corrected chi connectivity index (χ2v) is 11.1. The summed E-state index contributed by atoms with van der Waals surface area (Å²) in [5.74, 6) is -0.909. The van der Waals surface area contributed by atoms with Gasteiger partial charge in [-0.2, -0.15) is 0 Å². The lowest BCUT2D eigenvalue weighted by atomic mass is 10.1. The predicted octanol–water partition coefficient (Wildman–Crippen LogP) is 5.05. The largest absolute Gasteiger partial charge is 0.357 e.